The van der Waals surface area contributed by atoms with Gasteiger partial charge in [-0.25, -0.2) is 14.8 Å². The summed E-state index contributed by atoms with van der Waals surface area (Å²) in [6.45, 7) is 6.29. The van der Waals surface area contributed by atoms with E-state index < -0.39 is 5.97 Å². The Bertz CT molecular complexity index is 801. The molecule has 1 amide bonds. The summed E-state index contributed by atoms with van der Waals surface area (Å²) in [4.78, 5) is 36.8. The van der Waals surface area contributed by atoms with Crippen LogP contribution in [0.15, 0.2) is 36.7 Å². The van der Waals surface area contributed by atoms with Crippen molar-refractivity contribution < 1.29 is 14.3 Å². The Morgan fingerprint density at radius 2 is 1.93 bits per heavy atom. The zero-order valence-corrected chi connectivity index (χ0v) is 15.5. The standard InChI is InChI=1S/C19H23N5O3/c1-3-23-7-9-24(10-8-23)18(25)16-12-21-17(13-20-16)22-15-6-4-5-14(11-15)19(26)27-2/h4-6,11-13H,3,7-10H2,1-2H3,(H,21,22). The predicted octanol–water partition coefficient (Wildman–Crippen LogP) is 1.78. The summed E-state index contributed by atoms with van der Waals surface area (Å²) in [7, 11) is 1.34. The number of hydrogen-bond acceptors (Lipinski definition) is 7. The van der Waals surface area contributed by atoms with Gasteiger partial charge in [-0.05, 0) is 24.7 Å². The van der Waals surface area contributed by atoms with Crippen LogP contribution >= 0.6 is 0 Å². The second-order valence-electron chi connectivity index (χ2n) is 6.21. The van der Waals surface area contributed by atoms with Gasteiger partial charge in [-0.2, -0.15) is 0 Å². The van der Waals surface area contributed by atoms with E-state index in [0.717, 1.165) is 19.6 Å². The van der Waals surface area contributed by atoms with Crippen molar-refractivity contribution in [3.05, 3.63) is 47.9 Å². The van der Waals surface area contributed by atoms with E-state index in [1.807, 2.05) is 4.90 Å². The second-order valence-corrected chi connectivity index (χ2v) is 6.21. The molecule has 0 radical (unpaired) electrons. The quantitative estimate of drug-likeness (QED) is 0.804. The Labute approximate surface area is 158 Å². The average Bonchev–Trinajstić information content (AvgIpc) is 2.73. The van der Waals surface area contributed by atoms with E-state index in [4.69, 9.17) is 4.74 Å². The summed E-state index contributed by atoms with van der Waals surface area (Å²) in [5, 5.41) is 3.07. The zero-order chi connectivity index (χ0) is 19.2. The lowest BCUT2D eigenvalue weighted by Gasteiger charge is -2.33. The largest absolute Gasteiger partial charge is 0.465 e. The fourth-order valence-corrected chi connectivity index (χ4v) is 2.92. The molecule has 0 aliphatic carbocycles. The lowest BCUT2D eigenvalue weighted by atomic mass is 10.2. The average molecular weight is 369 g/mol. The number of carbonyl (C=O) groups excluding carboxylic acids is 2. The maximum absolute atomic E-state index is 12.6. The highest BCUT2D eigenvalue weighted by Crippen LogP contribution is 2.16. The van der Waals surface area contributed by atoms with Crippen LogP contribution in [0.3, 0.4) is 0 Å². The van der Waals surface area contributed by atoms with Crippen LogP contribution in [0.5, 0.6) is 0 Å². The first-order valence-electron chi connectivity index (χ1n) is 8.89. The Morgan fingerprint density at radius 1 is 1.15 bits per heavy atom. The number of carbonyl (C=O) groups is 2. The lowest BCUT2D eigenvalue weighted by molar-refractivity contribution is 0.0599. The van der Waals surface area contributed by atoms with Crippen molar-refractivity contribution in [3.8, 4) is 0 Å². The molecule has 1 fully saturated rings. The number of nitrogens with zero attached hydrogens (tertiary/aromatic N) is 4. The number of nitrogens with one attached hydrogen (secondary N) is 1. The molecule has 142 valence electrons. The number of aromatic nitrogens is 2. The molecule has 0 bridgehead atoms. The third-order valence-electron chi connectivity index (χ3n) is 4.53. The SMILES string of the molecule is CCN1CCN(C(=O)c2cnc(Nc3cccc(C(=O)OC)c3)cn2)CC1. The summed E-state index contributed by atoms with van der Waals surface area (Å²) >= 11 is 0. The first kappa shape index (κ1) is 18.8. The molecule has 27 heavy (non-hydrogen) atoms. The van der Waals surface area contributed by atoms with E-state index in [-0.39, 0.29) is 5.91 Å². The van der Waals surface area contributed by atoms with Crippen LogP contribution in [-0.4, -0.2) is 71.5 Å². The zero-order valence-electron chi connectivity index (χ0n) is 15.5. The molecule has 2 heterocycles. The molecule has 2 aromatic rings. The maximum Gasteiger partial charge on any atom is 0.337 e. The minimum absolute atomic E-state index is 0.0995. The van der Waals surface area contributed by atoms with E-state index in [0.29, 0.717) is 35.9 Å². The highest BCUT2D eigenvalue weighted by molar-refractivity contribution is 5.92. The van der Waals surface area contributed by atoms with Crippen molar-refractivity contribution in [3.63, 3.8) is 0 Å². The molecule has 0 unspecified atom stereocenters. The Kier molecular flexibility index (Phi) is 5.97. The second kappa shape index (κ2) is 8.59. The summed E-state index contributed by atoms with van der Waals surface area (Å²) in [5.74, 6) is -0.0179. The number of rotatable bonds is 5. The van der Waals surface area contributed by atoms with Crippen molar-refractivity contribution in [2.24, 2.45) is 0 Å². The van der Waals surface area contributed by atoms with Crippen LogP contribution in [0.2, 0.25) is 0 Å². The number of benzene rings is 1. The fourth-order valence-electron chi connectivity index (χ4n) is 2.92. The first-order chi connectivity index (χ1) is 13.1. The van der Waals surface area contributed by atoms with Gasteiger partial charge >= 0.3 is 5.97 Å². The molecular weight excluding hydrogens is 346 g/mol. The normalized spacial score (nSPS) is 14.7. The van der Waals surface area contributed by atoms with Crippen molar-refractivity contribution in [1.29, 1.82) is 0 Å². The molecular formula is C19H23N5O3. The van der Waals surface area contributed by atoms with Crippen molar-refractivity contribution >= 4 is 23.4 Å². The Hall–Kier alpha value is -3.00. The van der Waals surface area contributed by atoms with E-state index in [2.05, 4.69) is 27.1 Å². The highest BCUT2D eigenvalue weighted by Gasteiger charge is 2.22. The summed E-state index contributed by atoms with van der Waals surface area (Å²) in [6.07, 6.45) is 2.99. The van der Waals surface area contributed by atoms with Gasteiger partial charge in [-0.1, -0.05) is 13.0 Å². The minimum Gasteiger partial charge on any atom is -0.465 e. The van der Waals surface area contributed by atoms with Crippen LogP contribution in [0, 0.1) is 0 Å². The third kappa shape index (κ3) is 4.59. The van der Waals surface area contributed by atoms with Gasteiger partial charge in [0.15, 0.2) is 0 Å². The number of hydrogen-bond donors (Lipinski definition) is 1. The molecule has 8 nitrogen and oxygen atoms in total. The number of methoxy groups -OCH3 is 1. The summed E-state index contributed by atoms with van der Waals surface area (Å²) < 4.78 is 4.72. The van der Waals surface area contributed by atoms with Gasteiger partial charge in [0.25, 0.3) is 5.91 Å². The van der Waals surface area contributed by atoms with Gasteiger partial charge in [-0.15, -0.1) is 0 Å². The molecule has 1 N–H and O–H groups in total. The Balaban J connectivity index is 1.64. The molecule has 1 saturated heterocycles. The third-order valence-corrected chi connectivity index (χ3v) is 4.53. The minimum atomic E-state index is -0.408. The van der Waals surface area contributed by atoms with Crippen molar-refractivity contribution in [1.82, 2.24) is 19.8 Å². The van der Waals surface area contributed by atoms with Crippen molar-refractivity contribution in [2.45, 2.75) is 6.92 Å². The van der Waals surface area contributed by atoms with Crippen LogP contribution in [-0.2, 0) is 4.74 Å². The smallest absolute Gasteiger partial charge is 0.337 e. The van der Waals surface area contributed by atoms with Crippen molar-refractivity contribution in [2.75, 3.05) is 45.2 Å². The number of anilines is 2. The number of amides is 1. The highest BCUT2D eigenvalue weighted by atomic mass is 16.5. The van der Waals surface area contributed by atoms with E-state index in [9.17, 15) is 9.59 Å². The molecule has 0 atom stereocenters. The van der Waals surface area contributed by atoms with Gasteiger partial charge in [0.1, 0.15) is 11.5 Å². The topological polar surface area (TPSA) is 87.7 Å². The molecule has 8 heteroatoms. The number of ether oxygens (including phenoxy) is 1. The number of esters is 1. The van der Waals surface area contributed by atoms with Gasteiger partial charge in [-0.3, -0.25) is 4.79 Å². The molecule has 0 spiro atoms. The molecule has 0 saturated carbocycles. The summed E-state index contributed by atoms with van der Waals surface area (Å²) in [5.41, 5.74) is 1.45. The predicted molar refractivity (Wildman–Crippen MR) is 101 cm³/mol. The number of piperazine rings is 1. The Morgan fingerprint density at radius 3 is 2.56 bits per heavy atom. The van der Waals surface area contributed by atoms with E-state index in [1.165, 1.54) is 19.5 Å². The van der Waals surface area contributed by atoms with Gasteiger partial charge in [0, 0.05) is 31.9 Å². The van der Waals surface area contributed by atoms with E-state index in [1.54, 1.807) is 24.3 Å². The van der Waals surface area contributed by atoms with Gasteiger partial charge in [0.2, 0.25) is 0 Å². The monoisotopic (exact) mass is 369 g/mol. The summed E-state index contributed by atoms with van der Waals surface area (Å²) in [6, 6.07) is 6.89. The molecule has 1 aliphatic rings. The van der Waals surface area contributed by atoms with Crippen LogP contribution in [0.25, 0.3) is 0 Å². The van der Waals surface area contributed by atoms with Crippen LogP contribution in [0.4, 0.5) is 11.5 Å². The van der Waals surface area contributed by atoms with Gasteiger partial charge < -0.3 is 19.9 Å². The maximum atomic E-state index is 12.6. The van der Waals surface area contributed by atoms with Gasteiger partial charge in [0.05, 0.1) is 25.1 Å². The molecule has 1 aromatic heterocycles. The van der Waals surface area contributed by atoms with E-state index >= 15 is 0 Å². The fraction of sp³-hybridized carbons (Fsp3) is 0.368. The van der Waals surface area contributed by atoms with Crippen LogP contribution < -0.4 is 5.32 Å². The lowest BCUT2D eigenvalue weighted by Crippen LogP contribution is -2.48. The number of likely N-dealkylation sites (N-methyl/N-ethyl adjacent to an activating group) is 1. The first-order valence-corrected chi connectivity index (χ1v) is 8.89. The van der Waals surface area contributed by atoms with Crippen LogP contribution in [0.1, 0.15) is 27.8 Å². The molecule has 1 aromatic carbocycles. The molecule has 3 rings (SSSR count). The molecule has 1 aliphatic heterocycles.